The predicted octanol–water partition coefficient (Wildman–Crippen LogP) is 9.62. The van der Waals surface area contributed by atoms with Gasteiger partial charge in [0.05, 0.1) is 29.8 Å². The number of carbonyl (C=O) groups excluding carboxylic acids is 1. The van der Waals surface area contributed by atoms with Gasteiger partial charge in [-0.05, 0) is 72.0 Å². The van der Waals surface area contributed by atoms with E-state index in [1.807, 2.05) is 13.8 Å². The Kier molecular flexibility index (Phi) is 8.42. The summed E-state index contributed by atoms with van der Waals surface area (Å²) < 4.78 is 133. The minimum Gasteiger partial charge on any atom is -0.496 e. The zero-order valence-corrected chi connectivity index (χ0v) is 23.2. The maximum Gasteiger partial charge on any atom is 0.416 e. The van der Waals surface area contributed by atoms with Crippen LogP contribution >= 0.6 is 0 Å². The van der Waals surface area contributed by atoms with E-state index in [2.05, 4.69) is 0 Å². The van der Waals surface area contributed by atoms with Crippen LogP contribution in [0.25, 0.3) is 11.1 Å². The zero-order chi connectivity index (χ0) is 32.1. The minimum atomic E-state index is -5.10. The Balaban J connectivity index is 1.81. The lowest BCUT2D eigenvalue weighted by Gasteiger charge is -2.24. The van der Waals surface area contributed by atoms with Crippen molar-refractivity contribution >= 4 is 6.09 Å². The van der Waals surface area contributed by atoms with Crippen molar-refractivity contribution < 1.29 is 53.8 Å². The van der Waals surface area contributed by atoms with Crippen molar-refractivity contribution in [3.63, 3.8) is 0 Å². The van der Waals surface area contributed by atoms with Gasteiger partial charge in [-0.25, -0.2) is 4.79 Å². The number of hydrogen-bond donors (Lipinski definition) is 0. The Bertz CT molecular complexity index is 1480. The normalized spacial score (nSPS) is 17.9. The van der Waals surface area contributed by atoms with Crippen LogP contribution in [0.3, 0.4) is 0 Å². The predicted molar refractivity (Wildman–Crippen MR) is 138 cm³/mol. The Hall–Kier alpha value is -3.90. The lowest BCUT2D eigenvalue weighted by molar-refractivity contribution is -0.143. The van der Waals surface area contributed by atoms with Crippen LogP contribution in [-0.2, 0) is 29.8 Å². The summed E-state index contributed by atoms with van der Waals surface area (Å²) in [4.78, 5) is 13.8. The molecule has 13 heteroatoms. The number of nitrogens with zero attached hydrogens (tertiary/aromatic N) is 1. The summed E-state index contributed by atoms with van der Waals surface area (Å²) in [6.45, 7) is 4.50. The van der Waals surface area contributed by atoms with Crippen molar-refractivity contribution in [3.05, 3.63) is 88.0 Å². The molecule has 1 fully saturated rings. The molecule has 0 bridgehead atoms. The van der Waals surface area contributed by atoms with Crippen molar-refractivity contribution in [1.29, 1.82) is 0 Å². The Morgan fingerprint density at radius 3 is 1.88 bits per heavy atom. The number of rotatable bonds is 6. The first kappa shape index (κ1) is 32.0. The molecule has 3 aromatic rings. The van der Waals surface area contributed by atoms with Gasteiger partial charge in [-0.2, -0.15) is 39.5 Å². The van der Waals surface area contributed by atoms with E-state index in [-0.39, 0.29) is 23.1 Å². The maximum atomic E-state index is 13.8. The number of hydrogen-bond acceptors (Lipinski definition) is 3. The fourth-order valence-electron chi connectivity index (χ4n) is 4.96. The monoisotopic (exact) mass is 619 g/mol. The molecule has 2 atom stereocenters. The molecule has 0 N–H and O–H groups in total. The van der Waals surface area contributed by atoms with E-state index in [4.69, 9.17) is 9.47 Å². The van der Waals surface area contributed by atoms with Crippen LogP contribution in [0.5, 0.6) is 5.75 Å². The second-order valence-corrected chi connectivity index (χ2v) is 10.5. The highest BCUT2D eigenvalue weighted by molar-refractivity contribution is 5.77. The van der Waals surface area contributed by atoms with E-state index in [1.165, 1.54) is 20.1 Å². The minimum absolute atomic E-state index is 0.0361. The first-order valence-electron chi connectivity index (χ1n) is 13.0. The first-order chi connectivity index (χ1) is 19.8. The summed E-state index contributed by atoms with van der Waals surface area (Å²) in [6.07, 6.45) is -17.5. The molecular formula is C30H26F9NO3. The third-order valence-electron chi connectivity index (χ3n) is 7.26. The Morgan fingerprint density at radius 1 is 0.791 bits per heavy atom. The number of benzene rings is 3. The molecule has 1 heterocycles. The van der Waals surface area contributed by atoms with Gasteiger partial charge in [0.25, 0.3) is 0 Å². The van der Waals surface area contributed by atoms with Crippen LogP contribution in [0.15, 0.2) is 54.6 Å². The highest BCUT2D eigenvalue weighted by atomic mass is 19.4. The van der Waals surface area contributed by atoms with Crippen molar-refractivity contribution in [1.82, 2.24) is 4.90 Å². The summed E-state index contributed by atoms with van der Waals surface area (Å²) >= 11 is 0. The molecule has 0 unspecified atom stereocenters. The van der Waals surface area contributed by atoms with E-state index in [0.717, 1.165) is 22.6 Å². The standard InChI is InChI=1S/C30H26F9NO3/c1-15(2)18-5-8-25(42-4)23(11-18)22-7-6-19(28(31,32)33)13-24(22)26-16(3)40(27(41)43-26)14-17-9-20(29(34,35)36)12-21(10-17)30(37,38)39/h5-13,15-16,26H,14H2,1-4H3/t16-,26+/m0/s1. The Labute approximate surface area is 241 Å². The van der Waals surface area contributed by atoms with Gasteiger partial charge in [0.15, 0.2) is 0 Å². The molecule has 1 amide bonds. The number of carbonyl (C=O) groups is 1. The average molecular weight is 620 g/mol. The molecule has 4 nitrogen and oxygen atoms in total. The summed E-state index contributed by atoms with van der Waals surface area (Å²) in [7, 11) is 1.38. The zero-order valence-electron chi connectivity index (χ0n) is 23.2. The van der Waals surface area contributed by atoms with Crippen molar-refractivity contribution in [2.24, 2.45) is 0 Å². The van der Waals surface area contributed by atoms with Gasteiger partial charge >= 0.3 is 24.6 Å². The van der Waals surface area contributed by atoms with Gasteiger partial charge in [0.2, 0.25) is 0 Å². The third kappa shape index (κ3) is 6.70. The SMILES string of the molecule is COc1ccc(C(C)C)cc1-c1ccc(C(F)(F)F)cc1[C@@H]1OC(=O)N(Cc2cc(C(F)(F)F)cc(C(F)(F)F)c2)[C@H]1C. The number of methoxy groups -OCH3 is 1. The fraction of sp³-hybridized carbons (Fsp3) is 0.367. The van der Waals surface area contributed by atoms with Crippen molar-refractivity contribution in [2.75, 3.05) is 7.11 Å². The number of alkyl halides is 9. The Morgan fingerprint density at radius 2 is 1.37 bits per heavy atom. The molecule has 43 heavy (non-hydrogen) atoms. The van der Waals surface area contributed by atoms with E-state index in [9.17, 15) is 44.3 Å². The molecule has 1 saturated heterocycles. The largest absolute Gasteiger partial charge is 0.496 e. The van der Waals surface area contributed by atoms with Crippen LogP contribution in [0.4, 0.5) is 44.3 Å². The van der Waals surface area contributed by atoms with Crippen molar-refractivity contribution in [3.8, 4) is 16.9 Å². The van der Waals surface area contributed by atoms with Gasteiger partial charge < -0.3 is 9.47 Å². The molecule has 1 aliphatic heterocycles. The number of ether oxygens (including phenoxy) is 2. The molecule has 0 spiro atoms. The molecule has 0 aromatic heterocycles. The van der Waals surface area contributed by atoms with Gasteiger partial charge in [0, 0.05) is 17.7 Å². The lowest BCUT2D eigenvalue weighted by Crippen LogP contribution is -2.31. The molecule has 0 aliphatic carbocycles. The van der Waals surface area contributed by atoms with Crippen LogP contribution in [0.2, 0.25) is 0 Å². The van der Waals surface area contributed by atoms with Crippen LogP contribution in [0.1, 0.15) is 66.2 Å². The van der Waals surface area contributed by atoms with Gasteiger partial charge in [-0.3, -0.25) is 4.90 Å². The van der Waals surface area contributed by atoms with E-state index >= 15 is 0 Å². The summed E-state index contributed by atoms with van der Waals surface area (Å²) in [6, 6.07) is 7.92. The van der Waals surface area contributed by atoms with Gasteiger partial charge in [0.1, 0.15) is 11.9 Å². The van der Waals surface area contributed by atoms with E-state index in [1.54, 1.807) is 18.2 Å². The molecule has 0 saturated carbocycles. The number of halogens is 9. The second-order valence-electron chi connectivity index (χ2n) is 10.5. The molecule has 1 aliphatic rings. The number of amides is 1. The quantitative estimate of drug-likeness (QED) is 0.258. The first-order valence-corrected chi connectivity index (χ1v) is 13.0. The molecular weight excluding hydrogens is 593 g/mol. The third-order valence-corrected chi connectivity index (χ3v) is 7.26. The molecule has 3 aromatic carbocycles. The molecule has 232 valence electrons. The molecule has 0 radical (unpaired) electrons. The van der Waals surface area contributed by atoms with Crippen LogP contribution in [0, 0.1) is 0 Å². The lowest BCUT2D eigenvalue weighted by atomic mass is 9.89. The van der Waals surface area contributed by atoms with Crippen molar-refractivity contribution in [2.45, 2.75) is 63.9 Å². The second kappa shape index (κ2) is 11.3. The van der Waals surface area contributed by atoms with E-state index in [0.29, 0.717) is 23.4 Å². The van der Waals surface area contributed by atoms with Gasteiger partial charge in [-0.15, -0.1) is 0 Å². The maximum absolute atomic E-state index is 13.8. The number of cyclic esters (lactones) is 1. The summed E-state index contributed by atoms with van der Waals surface area (Å²) in [5.41, 5.74) is -3.22. The summed E-state index contributed by atoms with van der Waals surface area (Å²) in [5, 5.41) is 0. The smallest absolute Gasteiger partial charge is 0.416 e. The van der Waals surface area contributed by atoms with Crippen LogP contribution in [-0.4, -0.2) is 24.1 Å². The summed E-state index contributed by atoms with van der Waals surface area (Å²) in [5.74, 6) is 0.359. The highest BCUT2D eigenvalue weighted by Gasteiger charge is 2.43. The highest BCUT2D eigenvalue weighted by Crippen LogP contribution is 2.45. The topological polar surface area (TPSA) is 38.8 Å². The van der Waals surface area contributed by atoms with Crippen LogP contribution < -0.4 is 4.74 Å². The van der Waals surface area contributed by atoms with E-state index < -0.39 is 65.6 Å². The van der Waals surface area contributed by atoms with Gasteiger partial charge in [-0.1, -0.05) is 26.0 Å². The average Bonchev–Trinajstić information content (AvgIpc) is 3.18. The molecule has 4 rings (SSSR count). The fourth-order valence-corrected chi connectivity index (χ4v) is 4.96.